The molecule has 5 nitrogen and oxygen atoms in total. The van der Waals surface area contributed by atoms with Crippen molar-refractivity contribution < 1.29 is 19.4 Å². The average Bonchev–Trinajstić information content (AvgIpc) is 3.09. The number of fused-ring (bicyclic) bond motifs is 1. The minimum absolute atomic E-state index is 0.128. The summed E-state index contributed by atoms with van der Waals surface area (Å²) in [6.45, 7) is 2.48. The molecule has 0 saturated carbocycles. The summed E-state index contributed by atoms with van der Waals surface area (Å²) in [7, 11) is 3.12. The quantitative estimate of drug-likeness (QED) is 0.615. The number of carbonyl (C=O) groups excluding carboxylic acids is 1. The number of ether oxygens (including phenoxy) is 2. The zero-order chi connectivity index (χ0) is 20.4. The molecule has 0 saturated heterocycles. The molecular formula is C24H25NO4. The van der Waals surface area contributed by atoms with Crippen LogP contribution in [-0.2, 0) is 13.0 Å². The Morgan fingerprint density at radius 1 is 1.10 bits per heavy atom. The molecule has 0 bridgehead atoms. The Labute approximate surface area is 170 Å². The summed E-state index contributed by atoms with van der Waals surface area (Å²) in [5, 5.41) is 10.9. The molecule has 5 heteroatoms. The Kier molecular flexibility index (Phi) is 5.41. The molecule has 1 aliphatic heterocycles. The van der Waals surface area contributed by atoms with Gasteiger partial charge in [-0.3, -0.25) is 9.69 Å². The molecule has 2 aromatic rings. The van der Waals surface area contributed by atoms with Crippen molar-refractivity contribution in [3.63, 3.8) is 0 Å². The molecule has 1 aliphatic carbocycles. The third-order valence-electron chi connectivity index (χ3n) is 5.63. The van der Waals surface area contributed by atoms with Gasteiger partial charge in [0.15, 0.2) is 17.3 Å². The van der Waals surface area contributed by atoms with Gasteiger partial charge in [0.25, 0.3) is 0 Å². The molecule has 1 heterocycles. The van der Waals surface area contributed by atoms with E-state index in [0.29, 0.717) is 29.1 Å². The van der Waals surface area contributed by atoms with Gasteiger partial charge in [-0.25, -0.2) is 0 Å². The number of aliphatic hydroxyl groups is 1. The van der Waals surface area contributed by atoms with Crippen molar-refractivity contribution in [3.05, 3.63) is 82.1 Å². The number of Topliss-reactive ketones (excluding diaryl/α,β-unsaturated/α-hetero) is 1. The second-order valence-corrected chi connectivity index (χ2v) is 7.40. The summed E-state index contributed by atoms with van der Waals surface area (Å²) in [6, 6.07) is 13.9. The number of rotatable bonds is 5. The first-order valence-electron chi connectivity index (χ1n) is 9.78. The van der Waals surface area contributed by atoms with E-state index in [9.17, 15) is 9.90 Å². The number of nitrogens with zero attached hydrogens (tertiary/aromatic N) is 1. The molecule has 4 rings (SSSR count). The van der Waals surface area contributed by atoms with Gasteiger partial charge in [-0.05, 0) is 35.3 Å². The fraction of sp³-hybridized carbons (Fsp3) is 0.292. The molecule has 2 aromatic carbocycles. The standard InChI is InChI=1S/C24H25NO4/c1-28-21-13-18-12-20(24(27)19(18)14-22(21)29-2)23(26)17-8-10-25(11-9-17)15-16-6-4-3-5-7-16/h3-8,13-14,26H,9-12,15H2,1-2H3/b23-20-. The zero-order valence-electron chi connectivity index (χ0n) is 16.8. The van der Waals surface area contributed by atoms with Crippen LogP contribution in [0, 0.1) is 0 Å². The molecule has 0 amide bonds. The Bertz CT molecular complexity index is 991. The zero-order valence-corrected chi connectivity index (χ0v) is 16.8. The van der Waals surface area contributed by atoms with Crippen LogP contribution >= 0.6 is 0 Å². The van der Waals surface area contributed by atoms with E-state index in [2.05, 4.69) is 17.0 Å². The highest BCUT2D eigenvalue weighted by Crippen LogP contribution is 2.38. The summed E-state index contributed by atoms with van der Waals surface area (Å²) >= 11 is 0. The molecule has 0 unspecified atom stereocenters. The van der Waals surface area contributed by atoms with Crippen LogP contribution in [0.5, 0.6) is 11.5 Å². The lowest BCUT2D eigenvalue weighted by Gasteiger charge is -2.26. The van der Waals surface area contributed by atoms with E-state index >= 15 is 0 Å². The molecule has 29 heavy (non-hydrogen) atoms. The second-order valence-electron chi connectivity index (χ2n) is 7.40. The first-order valence-corrected chi connectivity index (χ1v) is 9.78. The number of ketones is 1. The lowest BCUT2D eigenvalue weighted by molar-refractivity contribution is 0.103. The van der Waals surface area contributed by atoms with Crippen LogP contribution < -0.4 is 9.47 Å². The monoisotopic (exact) mass is 391 g/mol. The fourth-order valence-corrected chi connectivity index (χ4v) is 4.01. The van der Waals surface area contributed by atoms with Gasteiger partial charge in [0.1, 0.15) is 5.76 Å². The molecule has 0 spiro atoms. The molecule has 0 aromatic heterocycles. The van der Waals surface area contributed by atoms with Crippen molar-refractivity contribution >= 4 is 5.78 Å². The van der Waals surface area contributed by atoms with Crippen molar-refractivity contribution in [2.45, 2.75) is 19.4 Å². The highest BCUT2D eigenvalue weighted by Gasteiger charge is 2.31. The first kappa shape index (κ1) is 19.3. The number of hydrogen-bond donors (Lipinski definition) is 1. The highest BCUT2D eigenvalue weighted by atomic mass is 16.5. The minimum atomic E-state index is -0.133. The van der Waals surface area contributed by atoms with E-state index in [4.69, 9.17) is 9.47 Å². The van der Waals surface area contributed by atoms with E-state index in [1.54, 1.807) is 20.3 Å². The molecule has 1 N–H and O–H groups in total. The van der Waals surface area contributed by atoms with E-state index in [-0.39, 0.29) is 11.5 Å². The van der Waals surface area contributed by atoms with Gasteiger partial charge in [0.05, 0.1) is 14.2 Å². The van der Waals surface area contributed by atoms with Gasteiger partial charge in [-0.1, -0.05) is 36.4 Å². The number of aliphatic hydroxyl groups excluding tert-OH is 1. The van der Waals surface area contributed by atoms with E-state index in [0.717, 1.165) is 37.2 Å². The Morgan fingerprint density at radius 3 is 2.48 bits per heavy atom. The summed E-state index contributed by atoms with van der Waals surface area (Å²) in [5.41, 5.74) is 4.02. The van der Waals surface area contributed by atoms with Crippen LogP contribution in [0.15, 0.2) is 65.4 Å². The van der Waals surface area contributed by atoms with E-state index in [1.165, 1.54) is 5.56 Å². The third kappa shape index (κ3) is 3.78. The second kappa shape index (κ2) is 8.13. The van der Waals surface area contributed by atoms with Crippen LogP contribution in [0.25, 0.3) is 0 Å². The Hall–Kier alpha value is -3.05. The number of hydrogen-bond acceptors (Lipinski definition) is 5. The van der Waals surface area contributed by atoms with Gasteiger partial charge in [-0.15, -0.1) is 0 Å². The highest BCUT2D eigenvalue weighted by molar-refractivity contribution is 6.14. The van der Waals surface area contributed by atoms with Crippen molar-refractivity contribution in [3.8, 4) is 11.5 Å². The summed E-state index contributed by atoms with van der Waals surface area (Å²) in [5.74, 6) is 1.11. The SMILES string of the molecule is COc1cc2c(cc1OC)C(=O)/C(=C(\O)C1=CCN(Cc3ccccc3)CC1)C2. The number of carbonyl (C=O) groups is 1. The lowest BCUT2D eigenvalue weighted by Crippen LogP contribution is -2.28. The molecule has 150 valence electrons. The van der Waals surface area contributed by atoms with Gasteiger partial charge < -0.3 is 14.6 Å². The number of benzene rings is 2. The first-order chi connectivity index (χ1) is 14.1. The predicted molar refractivity (Wildman–Crippen MR) is 112 cm³/mol. The largest absolute Gasteiger partial charge is 0.507 e. The van der Waals surface area contributed by atoms with Crippen LogP contribution in [-0.4, -0.2) is 43.1 Å². The topological polar surface area (TPSA) is 59.0 Å². The smallest absolute Gasteiger partial charge is 0.193 e. The maximum Gasteiger partial charge on any atom is 0.193 e. The van der Waals surface area contributed by atoms with Crippen molar-refractivity contribution in [2.75, 3.05) is 27.3 Å². The van der Waals surface area contributed by atoms with Crippen molar-refractivity contribution in [1.82, 2.24) is 4.90 Å². The van der Waals surface area contributed by atoms with Crippen molar-refractivity contribution in [1.29, 1.82) is 0 Å². The number of methoxy groups -OCH3 is 2. The summed E-state index contributed by atoms with van der Waals surface area (Å²) in [4.78, 5) is 15.2. The van der Waals surface area contributed by atoms with Crippen LogP contribution in [0.1, 0.15) is 27.9 Å². The summed E-state index contributed by atoms with van der Waals surface area (Å²) in [6.07, 6.45) is 3.16. The van der Waals surface area contributed by atoms with Crippen LogP contribution in [0.2, 0.25) is 0 Å². The summed E-state index contributed by atoms with van der Waals surface area (Å²) < 4.78 is 10.6. The van der Waals surface area contributed by atoms with E-state index in [1.807, 2.05) is 30.3 Å². The maximum atomic E-state index is 12.9. The molecule has 0 radical (unpaired) electrons. The normalized spacial score (nSPS) is 18.3. The van der Waals surface area contributed by atoms with Gasteiger partial charge in [-0.2, -0.15) is 0 Å². The fourth-order valence-electron chi connectivity index (χ4n) is 4.01. The molecule has 0 fully saturated rings. The Morgan fingerprint density at radius 2 is 1.83 bits per heavy atom. The maximum absolute atomic E-state index is 12.9. The lowest BCUT2D eigenvalue weighted by atomic mass is 10.00. The molecular weight excluding hydrogens is 366 g/mol. The van der Waals surface area contributed by atoms with Gasteiger partial charge >= 0.3 is 0 Å². The van der Waals surface area contributed by atoms with Crippen LogP contribution in [0.3, 0.4) is 0 Å². The third-order valence-corrected chi connectivity index (χ3v) is 5.63. The molecule has 0 atom stereocenters. The Balaban J connectivity index is 1.53. The van der Waals surface area contributed by atoms with Gasteiger partial charge in [0.2, 0.25) is 0 Å². The average molecular weight is 391 g/mol. The molecule has 2 aliphatic rings. The van der Waals surface area contributed by atoms with E-state index < -0.39 is 0 Å². The number of allylic oxidation sites excluding steroid dienone is 2. The van der Waals surface area contributed by atoms with Crippen LogP contribution in [0.4, 0.5) is 0 Å². The predicted octanol–water partition coefficient (Wildman–Crippen LogP) is 4.09. The minimum Gasteiger partial charge on any atom is -0.507 e. The van der Waals surface area contributed by atoms with Gasteiger partial charge in [0, 0.05) is 37.2 Å². The van der Waals surface area contributed by atoms with Crippen molar-refractivity contribution in [2.24, 2.45) is 0 Å².